The van der Waals surface area contributed by atoms with E-state index in [1.54, 1.807) is 0 Å². The smallest absolute Gasteiger partial charge is 0.307 e. The number of halogens is 4. The summed E-state index contributed by atoms with van der Waals surface area (Å²) < 4.78 is 11.6. The Bertz CT molecular complexity index is 1060. The van der Waals surface area contributed by atoms with Crippen LogP contribution in [0.1, 0.15) is 33.8 Å². The second-order valence-corrected chi connectivity index (χ2v) is 8.65. The van der Waals surface area contributed by atoms with Crippen molar-refractivity contribution in [3.05, 3.63) is 67.1 Å². The van der Waals surface area contributed by atoms with Crippen LogP contribution in [-0.2, 0) is 20.0 Å². The van der Waals surface area contributed by atoms with Crippen LogP contribution < -0.4 is 0 Å². The second-order valence-electron chi connectivity index (χ2n) is 7.14. The lowest BCUT2D eigenvalue weighted by Crippen LogP contribution is -2.64. The molecule has 0 aromatic heterocycles. The van der Waals surface area contributed by atoms with Crippen molar-refractivity contribution in [3.63, 3.8) is 0 Å². The monoisotopic (exact) mass is 471 g/mol. The predicted octanol–water partition coefficient (Wildman–Crippen LogP) is 5.04. The number of ether oxygens (including phenoxy) is 2. The topological polar surface area (TPSA) is 55.8 Å². The van der Waals surface area contributed by atoms with E-state index < -0.39 is 23.7 Å². The quantitative estimate of drug-likeness (QED) is 0.331. The number of carbonyl (C=O) groups is 2. The first kappa shape index (κ1) is 19.5. The zero-order chi connectivity index (χ0) is 20.5. The minimum absolute atomic E-state index is 0.0149. The Labute approximate surface area is 186 Å². The maximum absolute atomic E-state index is 13.4. The zero-order valence-electron chi connectivity index (χ0n) is 14.8. The van der Waals surface area contributed by atoms with Crippen LogP contribution in [0.3, 0.4) is 0 Å². The summed E-state index contributed by atoms with van der Waals surface area (Å²) in [7, 11) is 0. The van der Waals surface area contributed by atoms with Crippen molar-refractivity contribution >= 4 is 58.3 Å². The summed E-state index contributed by atoms with van der Waals surface area (Å²) >= 11 is 25.6. The molecule has 9 heteroatoms. The molecule has 3 fully saturated rings. The van der Waals surface area contributed by atoms with Gasteiger partial charge in [0.2, 0.25) is 0 Å². The lowest BCUT2D eigenvalue weighted by molar-refractivity contribution is -0.297. The van der Waals surface area contributed by atoms with Crippen molar-refractivity contribution in [1.29, 1.82) is 0 Å². The third-order valence-corrected chi connectivity index (χ3v) is 7.52. The summed E-state index contributed by atoms with van der Waals surface area (Å²) in [6.07, 6.45) is -0.430. The number of amides is 1. The van der Waals surface area contributed by atoms with Crippen molar-refractivity contribution in [2.24, 2.45) is 0 Å². The molecule has 0 saturated carbocycles. The van der Waals surface area contributed by atoms with Gasteiger partial charge in [-0.3, -0.25) is 9.59 Å². The molecule has 5 nitrogen and oxygen atoms in total. The molecule has 1 amide bonds. The van der Waals surface area contributed by atoms with Gasteiger partial charge < -0.3 is 14.4 Å². The SMILES string of the molecule is O=C1CCN2C(=O)c3c(Cl)c(Cl)c(Cl)c(Cl)c3[C@]23O[C@H](CO1)[C@H]3c1ccccc1. The maximum atomic E-state index is 13.4. The number of rotatable bonds is 1. The predicted molar refractivity (Wildman–Crippen MR) is 109 cm³/mol. The van der Waals surface area contributed by atoms with E-state index in [0.717, 1.165) is 5.56 Å². The van der Waals surface area contributed by atoms with Crippen LogP contribution in [-0.4, -0.2) is 36.0 Å². The van der Waals surface area contributed by atoms with Crippen LogP contribution in [0.4, 0.5) is 0 Å². The number of esters is 1. The Morgan fingerprint density at radius 1 is 0.966 bits per heavy atom. The summed E-state index contributed by atoms with van der Waals surface area (Å²) in [6.45, 7) is 0.161. The Balaban J connectivity index is 1.80. The van der Waals surface area contributed by atoms with E-state index >= 15 is 0 Å². The van der Waals surface area contributed by atoms with Crippen LogP contribution >= 0.6 is 46.4 Å². The maximum Gasteiger partial charge on any atom is 0.307 e. The van der Waals surface area contributed by atoms with E-state index in [0.29, 0.717) is 5.56 Å². The summed E-state index contributed by atoms with van der Waals surface area (Å²) in [5.74, 6) is -1.13. The molecular weight excluding hydrogens is 460 g/mol. The minimum Gasteiger partial charge on any atom is -0.463 e. The van der Waals surface area contributed by atoms with E-state index in [9.17, 15) is 9.59 Å². The summed E-state index contributed by atoms with van der Waals surface area (Å²) in [5, 5.41) is 0.229. The van der Waals surface area contributed by atoms with Gasteiger partial charge in [0.1, 0.15) is 12.7 Å². The van der Waals surface area contributed by atoms with Crippen molar-refractivity contribution in [2.45, 2.75) is 24.2 Å². The highest BCUT2D eigenvalue weighted by Crippen LogP contribution is 2.63. The lowest BCUT2D eigenvalue weighted by Gasteiger charge is -2.56. The fourth-order valence-electron chi connectivity index (χ4n) is 4.54. The van der Waals surface area contributed by atoms with Crippen LogP contribution in [0.5, 0.6) is 0 Å². The molecule has 1 spiro atoms. The summed E-state index contributed by atoms with van der Waals surface area (Å²) in [5.41, 5.74) is 0.245. The van der Waals surface area contributed by atoms with Crippen LogP contribution in [0, 0.1) is 0 Å². The number of carbonyl (C=O) groups excluding carboxylic acids is 2. The molecule has 3 saturated heterocycles. The molecule has 0 aliphatic carbocycles. The standard InChI is InChI=1S/C20H13Cl4NO4/c21-15-12-14(16(22)18(24)17(15)23)20-13(9-4-2-1-3-5-9)10(29-20)8-28-11(26)6-7-25(20)19(12)27/h1-5,10,13H,6-8H2/t10-,13-,20+/m1/s1. The fourth-order valence-corrected chi connectivity index (χ4v) is 5.61. The van der Waals surface area contributed by atoms with Gasteiger partial charge in [0.05, 0.1) is 38.0 Å². The zero-order valence-corrected chi connectivity index (χ0v) is 17.8. The van der Waals surface area contributed by atoms with Crippen LogP contribution in [0.2, 0.25) is 20.1 Å². The molecule has 4 heterocycles. The molecule has 150 valence electrons. The minimum atomic E-state index is -1.23. The Hall–Kier alpha value is -1.50. The lowest BCUT2D eigenvalue weighted by atomic mass is 9.74. The van der Waals surface area contributed by atoms with Gasteiger partial charge in [0.15, 0.2) is 5.72 Å². The van der Waals surface area contributed by atoms with Crippen LogP contribution in [0.15, 0.2) is 30.3 Å². The molecular formula is C20H13Cl4NO4. The van der Waals surface area contributed by atoms with Gasteiger partial charge in [-0.05, 0) is 5.56 Å². The number of fused-ring (bicyclic) bond motifs is 5. The highest BCUT2D eigenvalue weighted by atomic mass is 35.5. The van der Waals surface area contributed by atoms with E-state index in [1.807, 2.05) is 30.3 Å². The largest absolute Gasteiger partial charge is 0.463 e. The Morgan fingerprint density at radius 2 is 1.66 bits per heavy atom. The van der Waals surface area contributed by atoms with Crippen molar-refractivity contribution in [3.8, 4) is 0 Å². The normalized spacial score (nSPS) is 27.9. The highest BCUT2D eigenvalue weighted by molar-refractivity contribution is 6.53. The first-order valence-corrected chi connectivity index (χ1v) is 10.5. The van der Waals surface area contributed by atoms with Crippen LogP contribution in [0.25, 0.3) is 0 Å². The molecule has 6 rings (SSSR count). The summed E-state index contributed by atoms with van der Waals surface area (Å²) in [4.78, 5) is 27.0. The Morgan fingerprint density at radius 3 is 2.38 bits per heavy atom. The van der Waals surface area contributed by atoms with E-state index in [1.165, 1.54) is 4.90 Å². The van der Waals surface area contributed by atoms with E-state index in [4.69, 9.17) is 55.9 Å². The molecule has 29 heavy (non-hydrogen) atoms. The van der Waals surface area contributed by atoms with Crippen molar-refractivity contribution < 1.29 is 19.1 Å². The van der Waals surface area contributed by atoms with Gasteiger partial charge in [-0.15, -0.1) is 0 Å². The molecule has 2 aromatic rings. The van der Waals surface area contributed by atoms with Crippen molar-refractivity contribution in [1.82, 2.24) is 4.90 Å². The van der Waals surface area contributed by atoms with Gasteiger partial charge in [0, 0.05) is 12.1 Å². The molecule has 3 atom stereocenters. The van der Waals surface area contributed by atoms with Gasteiger partial charge in [-0.1, -0.05) is 76.7 Å². The first-order valence-electron chi connectivity index (χ1n) is 8.94. The first-order chi connectivity index (χ1) is 13.9. The average molecular weight is 473 g/mol. The Kier molecular flexibility index (Phi) is 4.53. The molecule has 0 radical (unpaired) electrons. The third-order valence-electron chi connectivity index (χ3n) is 5.72. The molecule has 0 unspecified atom stereocenters. The molecule has 4 aliphatic heterocycles. The van der Waals surface area contributed by atoms with Gasteiger partial charge in [-0.25, -0.2) is 0 Å². The number of nitrogens with zero attached hydrogens (tertiary/aromatic N) is 1. The second kappa shape index (κ2) is 6.76. The number of hydrogen-bond acceptors (Lipinski definition) is 4. The van der Waals surface area contributed by atoms with Gasteiger partial charge >= 0.3 is 5.97 Å². The third kappa shape index (κ3) is 2.52. The van der Waals surface area contributed by atoms with E-state index in [-0.39, 0.29) is 51.1 Å². The van der Waals surface area contributed by atoms with Crippen molar-refractivity contribution in [2.75, 3.05) is 13.2 Å². The molecule has 2 bridgehead atoms. The average Bonchev–Trinajstić information content (AvgIpc) is 3.02. The molecule has 0 N–H and O–H groups in total. The number of benzene rings is 2. The number of hydrogen-bond donors (Lipinski definition) is 0. The summed E-state index contributed by atoms with van der Waals surface area (Å²) in [6, 6.07) is 9.57. The fraction of sp³-hybridized carbons (Fsp3) is 0.300. The van der Waals surface area contributed by atoms with Gasteiger partial charge in [0.25, 0.3) is 5.91 Å². The highest BCUT2D eigenvalue weighted by Gasteiger charge is 2.68. The van der Waals surface area contributed by atoms with E-state index in [2.05, 4.69) is 0 Å². The van der Waals surface area contributed by atoms with Gasteiger partial charge in [-0.2, -0.15) is 0 Å². The molecule has 2 aromatic carbocycles. The molecule has 4 aliphatic rings.